The summed E-state index contributed by atoms with van der Waals surface area (Å²) in [4.78, 5) is 0. The number of nitrogens with zero attached hydrogens (tertiary/aromatic N) is 2. The Kier molecular flexibility index (Phi) is 2.00. The predicted molar refractivity (Wildman–Crippen MR) is 51.5 cm³/mol. The number of hydrogen-bond donors (Lipinski definition) is 1. The van der Waals surface area contributed by atoms with E-state index in [9.17, 15) is 0 Å². The zero-order valence-corrected chi connectivity index (χ0v) is 7.09. The maximum Gasteiger partial charge on any atom is 0.0770 e. The molecule has 0 spiro atoms. The van der Waals surface area contributed by atoms with E-state index >= 15 is 0 Å². The van der Waals surface area contributed by atoms with Gasteiger partial charge in [0.1, 0.15) is 0 Å². The van der Waals surface area contributed by atoms with Crippen LogP contribution in [0.5, 0.6) is 0 Å². The Morgan fingerprint density at radius 2 is 2.23 bits per heavy atom. The van der Waals surface area contributed by atoms with Gasteiger partial charge in [-0.1, -0.05) is 18.2 Å². The summed E-state index contributed by atoms with van der Waals surface area (Å²) in [7, 11) is 0. The van der Waals surface area contributed by atoms with E-state index in [4.69, 9.17) is 5.11 Å². The maximum atomic E-state index is 8.52. The summed E-state index contributed by atoms with van der Waals surface area (Å²) >= 11 is 0. The van der Waals surface area contributed by atoms with Gasteiger partial charge in [-0.05, 0) is 12.1 Å². The maximum absolute atomic E-state index is 8.52. The Hall–Kier alpha value is -1.77. The van der Waals surface area contributed by atoms with Crippen LogP contribution in [0.4, 0.5) is 0 Å². The van der Waals surface area contributed by atoms with Gasteiger partial charge in [0.05, 0.1) is 24.5 Å². The van der Waals surface area contributed by atoms with Gasteiger partial charge < -0.3 is 5.11 Å². The molecule has 1 aromatic carbocycles. The van der Waals surface area contributed by atoms with E-state index in [-0.39, 0.29) is 0 Å². The molecule has 0 amide bonds. The van der Waals surface area contributed by atoms with E-state index in [1.165, 1.54) is 0 Å². The number of para-hydroxylation sites is 1. The van der Waals surface area contributed by atoms with Crippen LogP contribution in [-0.2, 0) is 6.54 Å². The molecule has 0 radical (unpaired) electrons. The molecule has 0 aliphatic carbocycles. The normalized spacial score (nSPS) is 11.4. The van der Waals surface area contributed by atoms with Crippen molar-refractivity contribution in [3.05, 3.63) is 42.8 Å². The number of rotatable bonds is 2. The largest absolute Gasteiger partial charge is 0.516 e. The second-order valence-corrected chi connectivity index (χ2v) is 2.77. The third-order valence-electron chi connectivity index (χ3n) is 1.93. The van der Waals surface area contributed by atoms with Crippen molar-refractivity contribution in [3.63, 3.8) is 0 Å². The first-order valence-corrected chi connectivity index (χ1v) is 4.11. The smallest absolute Gasteiger partial charge is 0.0770 e. The van der Waals surface area contributed by atoms with Crippen LogP contribution in [0.15, 0.2) is 42.8 Å². The standard InChI is InChI=1S/C10H10N2O/c13-7-3-6-12-10-5-2-1-4-9(10)8-11-12/h1-5,7-8,13H,6H2. The predicted octanol–water partition coefficient (Wildman–Crippen LogP) is 2.11. The van der Waals surface area contributed by atoms with Crippen LogP contribution in [0.1, 0.15) is 0 Å². The summed E-state index contributed by atoms with van der Waals surface area (Å²) in [6, 6.07) is 7.98. The molecule has 0 fully saturated rings. The number of aromatic nitrogens is 2. The average molecular weight is 174 g/mol. The van der Waals surface area contributed by atoms with Gasteiger partial charge in [-0.2, -0.15) is 5.10 Å². The van der Waals surface area contributed by atoms with Gasteiger partial charge >= 0.3 is 0 Å². The minimum atomic E-state index is 0.601. The van der Waals surface area contributed by atoms with E-state index in [0.717, 1.165) is 17.2 Å². The van der Waals surface area contributed by atoms with Crippen LogP contribution >= 0.6 is 0 Å². The summed E-state index contributed by atoms with van der Waals surface area (Å²) in [6.45, 7) is 0.601. The van der Waals surface area contributed by atoms with Crippen molar-refractivity contribution in [1.82, 2.24) is 9.78 Å². The Morgan fingerprint density at radius 3 is 3.08 bits per heavy atom. The number of aliphatic hydroxyl groups is 1. The minimum Gasteiger partial charge on any atom is -0.516 e. The molecule has 0 aliphatic heterocycles. The molecular formula is C10H10N2O. The zero-order valence-electron chi connectivity index (χ0n) is 7.09. The molecule has 2 aromatic rings. The van der Waals surface area contributed by atoms with E-state index < -0.39 is 0 Å². The van der Waals surface area contributed by atoms with Crippen molar-refractivity contribution < 1.29 is 5.11 Å². The molecule has 1 heterocycles. The molecule has 1 aromatic heterocycles. The molecule has 0 atom stereocenters. The van der Waals surface area contributed by atoms with Gasteiger partial charge in [-0.15, -0.1) is 0 Å². The van der Waals surface area contributed by atoms with Gasteiger partial charge in [0, 0.05) is 5.39 Å². The summed E-state index contributed by atoms with van der Waals surface area (Å²) in [5, 5.41) is 13.8. The van der Waals surface area contributed by atoms with E-state index in [0.29, 0.717) is 6.54 Å². The van der Waals surface area contributed by atoms with Crippen LogP contribution < -0.4 is 0 Å². The van der Waals surface area contributed by atoms with Crippen molar-refractivity contribution in [2.45, 2.75) is 6.54 Å². The number of aliphatic hydroxyl groups excluding tert-OH is 1. The van der Waals surface area contributed by atoms with Gasteiger partial charge in [0.25, 0.3) is 0 Å². The van der Waals surface area contributed by atoms with Crippen molar-refractivity contribution in [2.24, 2.45) is 0 Å². The highest BCUT2D eigenvalue weighted by Crippen LogP contribution is 2.12. The lowest BCUT2D eigenvalue weighted by atomic mass is 10.3. The van der Waals surface area contributed by atoms with E-state index in [2.05, 4.69) is 5.10 Å². The second kappa shape index (κ2) is 3.31. The highest BCUT2D eigenvalue weighted by atomic mass is 16.2. The number of allylic oxidation sites excluding steroid dienone is 1. The third kappa shape index (κ3) is 1.40. The Balaban J connectivity index is 2.45. The fraction of sp³-hybridized carbons (Fsp3) is 0.100. The molecule has 0 aliphatic rings. The quantitative estimate of drug-likeness (QED) is 0.708. The van der Waals surface area contributed by atoms with Crippen LogP contribution in [0.2, 0.25) is 0 Å². The lowest BCUT2D eigenvalue weighted by Crippen LogP contribution is -1.96. The lowest BCUT2D eigenvalue weighted by molar-refractivity contribution is 0.468. The van der Waals surface area contributed by atoms with Crippen LogP contribution in [-0.4, -0.2) is 14.9 Å². The van der Waals surface area contributed by atoms with Gasteiger partial charge in [0.2, 0.25) is 0 Å². The highest BCUT2D eigenvalue weighted by molar-refractivity contribution is 5.78. The molecule has 2 rings (SSSR count). The molecule has 1 N–H and O–H groups in total. The van der Waals surface area contributed by atoms with Crippen molar-refractivity contribution in [1.29, 1.82) is 0 Å². The number of fused-ring (bicyclic) bond motifs is 1. The molecule has 66 valence electrons. The zero-order chi connectivity index (χ0) is 9.10. The Bertz CT molecular complexity index is 431. The Morgan fingerprint density at radius 1 is 1.38 bits per heavy atom. The Labute approximate surface area is 75.9 Å². The minimum absolute atomic E-state index is 0.601. The topological polar surface area (TPSA) is 38.0 Å². The van der Waals surface area contributed by atoms with Crippen LogP contribution in [0.25, 0.3) is 10.9 Å². The molecular weight excluding hydrogens is 164 g/mol. The molecule has 3 heteroatoms. The van der Waals surface area contributed by atoms with Crippen molar-refractivity contribution >= 4 is 10.9 Å². The molecule has 0 bridgehead atoms. The molecule has 0 saturated heterocycles. The number of benzene rings is 1. The average Bonchev–Trinajstić information content (AvgIpc) is 2.58. The fourth-order valence-corrected chi connectivity index (χ4v) is 1.32. The first-order valence-electron chi connectivity index (χ1n) is 4.11. The molecule has 13 heavy (non-hydrogen) atoms. The van der Waals surface area contributed by atoms with E-state index in [1.54, 1.807) is 6.08 Å². The van der Waals surface area contributed by atoms with Crippen molar-refractivity contribution in [2.75, 3.05) is 0 Å². The van der Waals surface area contributed by atoms with Crippen LogP contribution in [0.3, 0.4) is 0 Å². The fourth-order valence-electron chi connectivity index (χ4n) is 1.32. The lowest BCUT2D eigenvalue weighted by Gasteiger charge is -1.97. The third-order valence-corrected chi connectivity index (χ3v) is 1.93. The SMILES string of the molecule is OC=CCn1ncc2ccccc21. The summed E-state index contributed by atoms with van der Waals surface area (Å²) in [5.74, 6) is 0. The number of hydrogen-bond acceptors (Lipinski definition) is 2. The van der Waals surface area contributed by atoms with Gasteiger partial charge in [-0.3, -0.25) is 4.68 Å². The van der Waals surface area contributed by atoms with Crippen LogP contribution in [0, 0.1) is 0 Å². The highest BCUT2D eigenvalue weighted by Gasteiger charge is 1.97. The monoisotopic (exact) mass is 174 g/mol. The van der Waals surface area contributed by atoms with Gasteiger partial charge in [0.15, 0.2) is 0 Å². The molecule has 0 saturated carbocycles. The summed E-state index contributed by atoms with van der Waals surface area (Å²) < 4.78 is 1.84. The first-order chi connectivity index (χ1) is 6.42. The van der Waals surface area contributed by atoms with Gasteiger partial charge in [-0.25, -0.2) is 0 Å². The first kappa shape index (κ1) is 7.86. The second-order valence-electron chi connectivity index (χ2n) is 2.77. The summed E-state index contributed by atoms with van der Waals surface area (Å²) in [5.41, 5.74) is 1.08. The van der Waals surface area contributed by atoms with Crippen molar-refractivity contribution in [3.8, 4) is 0 Å². The van der Waals surface area contributed by atoms with E-state index in [1.807, 2.05) is 35.1 Å². The summed E-state index contributed by atoms with van der Waals surface area (Å²) in [6.07, 6.45) is 4.51. The molecule has 0 unspecified atom stereocenters. The molecule has 3 nitrogen and oxygen atoms in total.